The molecule has 1 aromatic rings. The molecule has 2 aliphatic rings. The van der Waals surface area contributed by atoms with Gasteiger partial charge < -0.3 is 14.8 Å². The van der Waals surface area contributed by atoms with Gasteiger partial charge in [0.25, 0.3) is 5.91 Å². The van der Waals surface area contributed by atoms with Gasteiger partial charge in [-0.2, -0.15) is 0 Å². The minimum absolute atomic E-state index is 0.0384. The number of piperidine rings is 1. The highest BCUT2D eigenvalue weighted by molar-refractivity contribution is 7.88. The van der Waals surface area contributed by atoms with Crippen molar-refractivity contribution in [2.75, 3.05) is 39.1 Å². The van der Waals surface area contributed by atoms with Gasteiger partial charge >= 0.3 is 0 Å². The molecule has 7 nitrogen and oxygen atoms in total. The average molecular weight is 397 g/mol. The third-order valence-electron chi connectivity index (χ3n) is 5.16. The highest BCUT2D eigenvalue weighted by atomic mass is 32.2. The molecule has 150 valence electrons. The molecule has 1 aromatic carbocycles. The molecule has 2 fully saturated rings. The first-order chi connectivity index (χ1) is 12.9. The number of benzene rings is 1. The molecule has 2 saturated heterocycles. The maximum Gasteiger partial charge on any atom is 0.251 e. The molecule has 0 aromatic heterocycles. The van der Waals surface area contributed by atoms with Crippen LogP contribution in [-0.4, -0.2) is 63.8 Å². The number of carbonyl (C=O) groups excluding carboxylic acids is 1. The number of nitrogens with one attached hydrogen (secondary N) is 1. The first-order valence-electron chi connectivity index (χ1n) is 9.49. The topological polar surface area (TPSA) is 84.9 Å². The maximum absolute atomic E-state index is 12.4. The maximum atomic E-state index is 12.4. The van der Waals surface area contributed by atoms with E-state index in [9.17, 15) is 13.2 Å². The van der Waals surface area contributed by atoms with Crippen LogP contribution in [-0.2, 0) is 14.8 Å². The van der Waals surface area contributed by atoms with Crippen molar-refractivity contribution in [1.29, 1.82) is 0 Å². The first kappa shape index (κ1) is 20.1. The van der Waals surface area contributed by atoms with Crippen molar-refractivity contribution in [2.24, 2.45) is 5.92 Å². The van der Waals surface area contributed by atoms with Gasteiger partial charge in [0.05, 0.1) is 6.26 Å². The number of carbonyl (C=O) groups is 1. The van der Waals surface area contributed by atoms with E-state index >= 15 is 0 Å². The Balaban J connectivity index is 1.50. The van der Waals surface area contributed by atoms with Crippen molar-refractivity contribution < 1.29 is 22.7 Å². The molecule has 0 unspecified atom stereocenters. The fraction of sp³-hybridized carbons (Fsp3) is 0.632. The fourth-order valence-corrected chi connectivity index (χ4v) is 4.35. The van der Waals surface area contributed by atoms with E-state index in [4.69, 9.17) is 9.47 Å². The van der Waals surface area contributed by atoms with Gasteiger partial charge in [0, 0.05) is 38.4 Å². The summed E-state index contributed by atoms with van der Waals surface area (Å²) in [7, 11) is -3.14. The SMILES string of the molecule is CS(=O)(=O)N1CCC(Oc2cccc(C(=O)NCC3CCOCC3)c2)CC1. The summed E-state index contributed by atoms with van der Waals surface area (Å²) in [5.41, 5.74) is 0.577. The van der Waals surface area contributed by atoms with Gasteiger partial charge in [0.1, 0.15) is 11.9 Å². The minimum atomic E-state index is -3.14. The number of rotatable bonds is 6. The summed E-state index contributed by atoms with van der Waals surface area (Å²) in [6.45, 7) is 3.13. The molecule has 1 amide bonds. The van der Waals surface area contributed by atoms with E-state index in [1.165, 1.54) is 10.6 Å². The van der Waals surface area contributed by atoms with E-state index in [0.717, 1.165) is 26.1 Å². The van der Waals surface area contributed by atoms with Gasteiger partial charge in [-0.15, -0.1) is 0 Å². The third kappa shape index (κ3) is 5.92. The third-order valence-corrected chi connectivity index (χ3v) is 6.46. The summed E-state index contributed by atoms with van der Waals surface area (Å²) < 4.78 is 36.0. The van der Waals surface area contributed by atoms with E-state index in [-0.39, 0.29) is 12.0 Å². The Hall–Kier alpha value is -1.64. The highest BCUT2D eigenvalue weighted by Gasteiger charge is 2.26. The summed E-state index contributed by atoms with van der Waals surface area (Å²) >= 11 is 0. The lowest BCUT2D eigenvalue weighted by atomic mass is 10.0. The minimum Gasteiger partial charge on any atom is -0.490 e. The van der Waals surface area contributed by atoms with Gasteiger partial charge in [-0.3, -0.25) is 4.79 Å². The van der Waals surface area contributed by atoms with Crippen LogP contribution in [0.3, 0.4) is 0 Å². The van der Waals surface area contributed by atoms with Crippen molar-refractivity contribution in [2.45, 2.75) is 31.8 Å². The van der Waals surface area contributed by atoms with Crippen molar-refractivity contribution in [3.05, 3.63) is 29.8 Å². The summed E-state index contributed by atoms with van der Waals surface area (Å²) in [6.07, 6.45) is 4.45. The Morgan fingerprint density at radius 1 is 1.22 bits per heavy atom. The Morgan fingerprint density at radius 3 is 2.59 bits per heavy atom. The monoisotopic (exact) mass is 396 g/mol. The zero-order valence-corrected chi connectivity index (χ0v) is 16.5. The summed E-state index contributed by atoms with van der Waals surface area (Å²) in [5, 5.41) is 3.00. The van der Waals surface area contributed by atoms with Gasteiger partial charge in [0.15, 0.2) is 0 Å². The summed E-state index contributed by atoms with van der Waals surface area (Å²) in [6, 6.07) is 7.17. The molecule has 0 bridgehead atoms. The van der Waals surface area contributed by atoms with Crippen molar-refractivity contribution in [3.63, 3.8) is 0 Å². The number of sulfonamides is 1. The molecule has 8 heteroatoms. The van der Waals surface area contributed by atoms with Gasteiger partial charge in [-0.1, -0.05) is 6.07 Å². The smallest absolute Gasteiger partial charge is 0.251 e. The van der Waals surface area contributed by atoms with Gasteiger partial charge in [0.2, 0.25) is 10.0 Å². The van der Waals surface area contributed by atoms with Crippen LogP contribution in [0.15, 0.2) is 24.3 Å². The Labute approximate surface area is 161 Å². The van der Waals surface area contributed by atoms with E-state index < -0.39 is 10.0 Å². The second-order valence-corrected chi connectivity index (χ2v) is 9.26. The van der Waals surface area contributed by atoms with Gasteiger partial charge in [-0.05, 0) is 49.8 Å². The molecule has 0 radical (unpaired) electrons. The lowest BCUT2D eigenvalue weighted by Gasteiger charge is -2.30. The number of ether oxygens (including phenoxy) is 2. The predicted octanol–water partition coefficient (Wildman–Crippen LogP) is 1.65. The zero-order valence-electron chi connectivity index (χ0n) is 15.7. The summed E-state index contributed by atoms with van der Waals surface area (Å²) in [4.78, 5) is 12.4. The Morgan fingerprint density at radius 2 is 1.93 bits per heavy atom. The number of amides is 1. The number of nitrogens with zero attached hydrogens (tertiary/aromatic N) is 1. The molecule has 3 rings (SSSR count). The fourth-order valence-electron chi connectivity index (χ4n) is 3.47. The van der Waals surface area contributed by atoms with Crippen LogP contribution in [0.2, 0.25) is 0 Å². The lowest BCUT2D eigenvalue weighted by molar-refractivity contribution is 0.0642. The second kappa shape index (κ2) is 9.03. The summed E-state index contributed by atoms with van der Waals surface area (Å²) in [5.74, 6) is 1.02. The second-order valence-electron chi connectivity index (χ2n) is 7.27. The quantitative estimate of drug-likeness (QED) is 0.790. The molecule has 1 N–H and O–H groups in total. The standard InChI is InChI=1S/C19H28N2O5S/c1-27(23,24)21-9-5-17(6-10-21)26-18-4-2-3-16(13-18)19(22)20-14-15-7-11-25-12-8-15/h2-4,13,15,17H,5-12,14H2,1H3,(H,20,22). The number of hydrogen-bond acceptors (Lipinski definition) is 5. The Kier molecular flexibility index (Phi) is 6.73. The normalized spacial score (nSPS) is 20.3. The molecule has 2 heterocycles. The van der Waals surface area contributed by atoms with Crippen LogP contribution in [0.5, 0.6) is 5.75 Å². The molecule has 27 heavy (non-hydrogen) atoms. The average Bonchev–Trinajstić information content (AvgIpc) is 2.67. The molecule has 0 atom stereocenters. The van der Waals surface area contributed by atoms with Crippen LogP contribution in [0.4, 0.5) is 0 Å². The number of hydrogen-bond donors (Lipinski definition) is 1. The van der Waals surface area contributed by atoms with E-state index in [2.05, 4.69) is 5.32 Å². The molecular formula is C19H28N2O5S. The first-order valence-corrected chi connectivity index (χ1v) is 11.3. The van der Waals surface area contributed by atoms with Crippen LogP contribution in [0.1, 0.15) is 36.0 Å². The van der Waals surface area contributed by atoms with E-state index in [1.54, 1.807) is 12.1 Å². The highest BCUT2D eigenvalue weighted by Crippen LogP contribution is 2.21. The largest absolute Gasteiger partial charge is 0.490 e. The zero-order chi connectivity index (χ0) is 19.3. The van der Waals surface area contributed by atoms with Crippen molar-refractivity contribution in [3.8, 4) is 5.75 Å². The van der Waals surface area contributed by atoms with Crippen LogP contribution >= 0.6 is 0 Å². The van der Waals surface area contributed by atoms with Crippen molar-refractivity contribution >= 4 is 15.9 Å². The Bertz CT molecular complexity index is 738. The van der Waals surface area contributed by atoms with Gasteiger partial charge in [-0.25, -0.2) is 12.7 Å². The van der Waals surface area contributed by atoms with E-state index in [0.29, 0.717) is 49.7 Å². The van der Waals surface area contributed by atoms with Crippen LogP contribution in [0, 0.1) is 5.92 Å². The lowest BCUT2D eigenvalue weighted by Crippen LogP contribution is -2.41. The molecule has 0 saturated carbocycles. The van der Waals surface area contributed by atoms with E-state index in [1.807, 2.05) is 12.1 Å². The molecule has 2 aliphatic heterocycles. The van der Waals surface area contributed by atoms with Crippen LogP contribution in [0.25, 0.3) is 0 Å². The van der Waals surface area contributed by atoms with Crippen LogP contribution < -0.4 is 10.1 Å². The molecule has 0 aliphatic carbocycles. The predicted molar refractivity (Wildman–Crippen MR) is 102 cm³/mol. The van der Waals surface area contributed by atoms with Crippen molar-refractivity contribution in [1.82, 2.24) is 9.62 Å². The molecule has 0 spiro atoms. The molecular weight excluding hydrogens is 368 g/mol.